The van der Waals surface area contributed by atoms with Crippen LogP contribution in [-0.2, 0) is 16.2 Å². The normalized spacial score (nSPS) is 19.3. The summed E-state index contributed by atoms with van der Waals surface area (Å²) in [6, 6.07) is 23.8. The van der Waals surface area contributed by atoms with Gasteiger partial charge in [-0.05, 0) is 48.0 Å². The topological polar surface area (TPSA) is 64.4 Å². The van der Waals surface area contributed by atoms with Crippen molar-refractivity contribution in [3.05, 3.63) is 100 Å². The number of nitrogens with zero attached hydrogens (tertiary/aromatic N) is 3. The highest BCUT2D eigenvalue weighted by Crippen LogP contribution is 2.55. The van der Waals surface area contributed by atoms with E-state index in [-0.39, 0.29) is 11.8 Å². The number of halogens is 1. The zero-order chi connectivity index (χ0) is 22.3. The molecule has 2 aliphatic rings. The van der Waals surface area contributed by atoms with Crippen molar-refractivity contribution in [1.29, 1.82) is 5.26 Å². The number of fused-ring (bicyclic) bond motifs is 2. The van der Waals surface area contributed by atoms with E-state index < -0.39 is 4.87 Å². The van der Waals surface area contributed by atoms with E-state index in [0.29, 0.717) is 35.0 Å². The summed E-state index contributed by atoms with van der Waals surface area (Å²) >= 11 is 7.81. The third kappa shape index (κ3) is 3.17. The molecule has 32 heavy (non-hydrogen) atoms. The van der Waals surface area contributed by atoms with Gasteiger partial charge in [-0.2, -0.15) is 5.26 Å². The lowest BCUT2D eigenvalue weighted by Crippen LogP contribution is -2.50. The van der Waals surface area contributed by atoms with Gasteiger partial charge in [0, 0.05) is 28.4 Å². The van der Waals surface area contributed by atoms with Crippen LogP contribution in [0.5, 0.6) is 0 Å². The Morgan fingerprint density at radius 1 is 1.09 bits per heavy atom. The molecule has 1 unspecified atom stereocenters. The first-order chi connectivity index (χ1) is 15.5. The Morgan fingerprint density at radius 2 is 1.91 bits per heavy atom. The van der Waals surface area contributed by atoms with Gasteiger partial charge in [0.1, 0.15) is 0 Å². The molecule has 0 N–H and O–H groups in total. The van der Waals surface area contributed by atoms with Crippen LogP contribution in [0.1, 0.15) is 27.0 Å². The molecule has 1 saturated heterocycles. The first-order valence-electron chi connectivity index (χ1n) is 10.2. The highest BCUT2D eigenvalue weighted by atomic mass is 35.5. The molecular formula is C25H18ClN3O2S. The lowest BCUT2D eigenvalue weighted by atomic mass is 10.0. The minimum atomic E-state index is -1.15. The number of amides is 2. The molecule has 1 spiro atoms. The third-order valence-electron chi connectivity index (χ3n) is 5.82. The number of nitriles is 1. The van der Waals surface area contributed by atoms with E-state index in [1.54, 1.807) is 46.2 Å². The Hall–Kier alpha value is -3.27. The van der Waals surface area contributed by atoms with Crippen molar-refractivity contribution in [2.24, 2.45) is 0 Å². The Labute approximate surface area is 195 Å². The first-order valence-corrected chi connectivity index (χ1v) is 11.5. The highest BCUT2D eigenvalue weighted by Gasteiger charge is 2.59. The van der Waals surface area contributed by atoms with Gasteiger partial charge in [-0.3, -0.25) is 9.59 Å². The van der Waals surface area contributed by atoms with E-state index in [4.69, 9.17) is 11.6 Å². The van der Waals surface area contributed by atoms with Gasteiger partial charge >= 0.3 is 0 Å². The fourth-order valence-electron chi connectivity index (χ4n) is 4.40. The molecule has 5 rings (SSSR count). The molecule has 158 valence electrons. The minimum Gasteiger partial charge on any atom is -0.311 e. The molecule has 2 aliphatic heterocycles. The molecule has 3 aromatic carbocycles. The molecule has 7 heteroatoms. The summed E-state index contributed by atoms with van der Waals surface area (Å²) < 4.78 is 0. The van der Waals surface area contributed by atoms with E-state index >= 15 is 0 Å². The van der Waals surface area contributed by atoms with Crippen molar-refractivity contribution in [3.8, 4) is 6.07 Å². The molecular weight excluding hydrogens is 442 g/mol. The molecule has 5 nitrogen and oxygen atoms in total. The number of benzene rings is 3. The second-order valence-electron chi connectivity index (χ2n) is 7.68. The van der Waals surface area contributed by atoms with E-state index in [9.17, 15) is 14.9 Å². The highest BCUT2D eigenvalue weighted by molar-refractivity contribution is 8.01. The Bertz CT molecular complexity index is 1270. The summed E-state index contributed by atoms with van der Waals surface area (Å²) in [5, 5.41) is 9.76. The zero-order valence-electron chi connectivity index (χ0n) is 17.0. The van der Waals surface area contributed by atoms with Crippen molar-refractivity contribution in [3.63, 3.8) is 0 Å². The molecule has 0 aromatic heterocycles. The Kier molecular flexibility index (Phi) is 5.16. The number of hydrogen-bond acceptors (Lipinski definition) is 4. The number of anilines is 1. The number of hydrogen-bond donors (Lipinski definition) is 0. The maximum atomic E-state index is 14.0. The van der Waals surface area contributed by atoms with Crippen molar-refractivity contribution < 1.29 is 9.59 Å². The maximum absolute atomic E-state index is 14.0. The number of carbonyl (C=O) groups is 2. The predicted octanol–water partition coefficient (Wildman–Crippen LogP) is 4.80. The molecule has 2 amide bonds. The summed E-state index contributed by atoms with van der Waals surface area (Å²) in [5.41, 5.74) is 3.40. The number of rotatable bonds is 3. The van der Waals surface area contributed by atoms with Crippen LogP contribution in [0.15, 0.2) is 72.8 Å². The van der Waals surface area contributed by atoms with Crippen molar-refractivity contribution >= 4 is 40.9 Å². The van der Waals surface area contributed by atoms with E-state index in [2.05, 4.69) is 6.07 Å². The predicted molar refractivity (Wildman–Crippen MR) is 125 cm³/mol. The molecule has 0 aliphatic carbocycles. The van der Waals surface area contributed by atoms with Gasteiger partial charge < -0.3 is 9.80 Å². The average Bonchev–Trinajstić information content (AvgIpc) is 3.36. The fraction of sp³-hybridized carbons (Fsp3) is 0.160. The smallest absolute Gasteiger partial charge is 0.268 e. The Morgan fingerprint density at radius 3 is 2.69 bits per heavy atom. The van der Waals surface area contributed by atoms with Crippen LogP contribution in [0.25, 0.3) is 0 Å². The SMILES string of the molecule is N#Cc1cccc(CN2C(=O)C3(SCCN3C(=O)c3ccccc3)c3cc(Cl)ccc32)c1. The summed E-state index contributed by atoms with van der Waals surface area (Å²) in [7, 11) is 0. The maximum Gasteiger partial charge on any atom is 0.268 e. The number of carbonyl (C=O) groups excluding carboxylic acids is 2. The van der Waals surface area contributed by atoms with Gasteiger partial charge in [0.15, 0.2) is 4.87 Å². The first kappa shape index (κ1) is 20.6. The molecule has 1 fully saturated rings. The Balaban J connectivity index is 1.60. The summed E-state index contributed by atoms with van der Waals surface area (Å²) in [4.78, 5) is 29.7. The van der Waals surface area contributed by atoms with Crippen LogP contribution in [0.3, 0.4) is 0 Å². The molecule has 2 heterocycles. The van der Waals surface area contributed by atoms with Crippen LogP contribution in [0.2, 0.25) is 5.02 Å². The van der Waals surface area contributed by atoms with E-state index in [0.717, 1.165) is 16.8 Å². The second kappa shape index (κ2) is 8.01. The van der Waals surface area contributed by atoms with Crippen molar-refractivity contribution in [2.75, 3.05) is 17.2 Å². The van der Waals surface area contributed by atoms with Gasteiger partial charge in [0.2, 0.25) is 0 Å². The molecule has 0 radical (unpaired) electrons. The summed E-state index contributed by atoms with van der Waals surface area (Å²) in [6.07, 6.45) is 0. The van der Waals surface area contributed by atoms with Gasteiger partial charge in [-0.15, -0.1) is 11.8 Å². The van der Waals surface area contributed by atoms with Crippen LogP contribution < -0.4 is 4.90 Å². The standard InChI is InChI=1S/C25H18ClN3O2S/c26-20-9-10-22-21(14-20)25(24(31)28(22)16-18-6-4-5-17(13-18)15-27)29(11-12-32-25)23(30)19-7-2-1-3-8-19/h1-10,13-14H,11-12,16H2. The van der Waals surface area contributed by atoms with Crippen LogP contribution in [0.4, 0.5) is 5.69 Å². The molecule has 0 saturated carbocycles. The summed E-state index contributed by atoms with van der Waals surface area (Å²) in [6.45, 7) is 0.770. The average molecular weight is 460 g/mol. The number of thioether (sulfide) groups is 1. The quantitative estimate of drug-likeness (QED) is 0.564. The van der Waals surface area contributed by atoms with Crippen molar-refractivity contribution in [1.82, 2.24) is 4.90 Å². The molecule has 0 bridgehead atoms. The lowest BCUT2D eigenvalue weighted by molar-refractivity contribution is -0.123. The third-order valence-corrected chi connectivity index (χ3v) is 7.47. The van der Waals surface area contributed by atoms with E-state index in [1.165, 1.54) is 11.8 Å². The van der Waals surface area contributed by atoms with Crippen molar-refractivity contribution in [2.45, 2.75) is 11.4 Å². The summed E-state index contributed by atoms with van der Waals surface area (Å²) in [5.74, 6) is 0.306. The molecule has 3 aromatic rings. The largest absolute Gasteiger partial charge is 0.311 e. The van der Waals surface area contributed by atoms with Crippen LogP contribution in [0, 0.1) is 11.3 Å². The van der Waals surface area contributed by atoms with E-state index in [1.807, 2.05) is 36.4 Å². The zero-order valence-corrected chi connectivity index (χ0v) is 18.6. The van der Waals surface area contributed by atoms with Gasteiger partial charge in [-0.25, -0.2) is 0 Å². The van der Waals surface area contributed by atoms with Crippen LogP contribution in [-0.4, -0.2) is 29.0 Å². The van der Waals surface area contributed by atoms with Gasteiger partial charge in [0.25, 0.3) is 11.8 Å². The minimum absolute atomic E-state index is 0.163. The fourth-order valence-corrected chi connectivity index (χ4v) is 6.03. The second-order valence-corrected chi connectivity index (χ2v) is 9.40. The van der Waals surface area contributed by atoms with Gasteiger partial charge in [-0.1, -0.05) is 41.9 Å². The monoisotopic (exact) mass is 459 g/mol. The van der Waals surface area contributed by atoms with Gasteiger partial charge in [0.05, 0.1) is 23.9 Å². The van der Waals surface area contributed by atoms with Crippen LogP contribution >= 0.6 is 23.4 Å². The lowest BCUT2D eigenvalue weighted by Gasteiger charge is -2.33. The molecule has 1 atom stereocenters.